The van der Waals surface area contributed by atoms with E-state index >= 15 is 0 Å². The van der Waals surface area contributed by atoms with Crippen molar-refractivity contribution in [2.75, 3.05) is 19.6 Å². The monoisotopic (exact) mass is 634 g/mol. The normalized spacial score (nSPS) is 11.9. The van der Waals surface area contributed by atoms with Crippen LogP contribution >= 0.6 is 0 Å². The highest BCUT2D eigenvalue weighted by atomic mass is 15.1. The first-order chi connectivity index (χ1) is 22.2. The molecule has 0 bridgehead atoms. The molecule has 0 unspecified atom stereocenters. The zero-order valence-electron chi connectivity index (χ0n) is 32.6. The number of hydrogen-bond donors (Lipinski definition) is 0. The molecule has 0 aromatic heterocycles. The number of nitrogens with zero attached hydrogens (tertiary/aromatic N) is 1. The third-order valence-corrected chi connectivity index (χ3v) is 10.4. The van der Waals surface area contributed by atoms with E-state index in [9.17, 15) is 0 Å². The summed E-state index contributed by atoms with van der Waals surface area (Å²) in [5.74, 6) is 0.891. The average Bonchev–Trinajstić information content (AvgIpc) is 3.03. The van der Waals surface area contributed by atoms with Crippen LogP contribution in [0.25, 0.3) is 0 Å². The fourth-order valence-corrected chi connectivity index (χ4v) is 7.17. The molecule has 0 aromatic carbocycles. The summed E-state index contributed by atoms with van der Waals surface area (Å²) in [6, 6.07) is 0. The van der Waals surface area contributed by atoms with Crippen LogP contribution in [0.2, 0.25) is 0 Å². The van der Waals surface area contributed by atoms with E-state index in [2.05, 4.69) is 32.6 Å². The van der Waals surface area contributed by atoms with Crippen LogP contribution in [0.3, 0.4) is 0 Å². The lowest BCUT2D eigenvalue weighted by molar-refractivity contribution is 0.254. The van der Waals surface area contributed by atoms with E-state index < -0.39 is 0 Å². The molecule has 0 atom stereocenters. The third-order valence-electron chi connectivity index (χ3n) is 10.4. The van der Waals surface area contributed by atoms with Gasteiger partial charge in [-0.15, -0.1) is 0 Å². The van der Waals surface area contributed by atoms with Crippen molar-refractivity contribution in [3.05, 3.63) is 0 Å². The van der Waals surface area contributed by atoms with Crippen molar-refractivity contribution in [1.82, 2.24) is 4.90 Å². The van der Waals surface area contributed by atoms with Crippen molar-refractivity contribution in [1.29, 1.82) is 0 Å². The van der Waals surface area contributed by atoms with Gasteiger partial charge >= 0.3 is 0 Å². The highest BCUT2D eigenvalue weighted by Crippen LogP contribution is 2.16. The molecule has 272 valence electrons. The van der Waals surface area contributed by atoms with Crippen LogP contribution < -0.4 is 0 Å². The van der Waals surface area contributed by atoms with Crippen LogP contribution in [0, 0.1) is 5.92 Å². The molecule has 1 nitrogen and oxygen atoms in total. The van der Waals surface area contributed by atoms with Gasteiger partial charge in [-0.2, -0.15) is 0 Å². The Labute approximate surface area is 288 Å². The molecule has 0 aliphatic heterocycles. The molecule has 0 aromatic rings. The Morgan fingerprint density at radius 3 is 0.689 bits per heavy atom. The summed E-state index contributed by atoms with van der Waals surface area (Å²) in [5.41, 5.74) is 0. The van der Waals surface area contributed by atoms with Crippen LogP contribution in [0.5, 0.6) is 0 Å². The van der Waals surface area contributed by atoms with Crippen molar-refractivity contribution in [2.45, 2.75) is 259 Å². The average molecular weight is 634 g/mol. The minimum Gasteiger partial charge on any atom is -0.303 e. The molecule has 0 saturated carbocycles. The minimum atomic E-state index is 0.891. The van der Waals surface area contributed by atoms with Crippen LogP contribution in [0.1, 0.15) is 259 Å². The van der Waals surface area contributed by atoms with Crippen LogP contribution in [0.15, 0.2) is 0 Å². The molecule has 0 amide bonds. The zero-order valence-corrected chi connectivity index (χ0v) is 32.6. The largest absolute Gasteiger partial charge is 0.303 e. The Kier molecular flexibility index (Phi) is 40.1. The van der Waals surface area contributed by atoms with Crippen molar-refractivity contribution in [3.8, 4) is 0 Å². The van der Waals surface area contributed by atoms with E-state index in [1.165, 1.54) is 251 Å². The molecule has 0 spiro atoms. The molecule has 0 aliphatic carbocycles. The summed E-state index contributed by atoms with van der Waals surface area (Å²) in [7, 11) is 0. The Morgan fingerprint density at radius 1 is 0.267 bits per heavy atom. The van der Waals surface area contributed by atoms with Gasteiger partial charge in [0, 0.05) is 0 Å². The predicted molar refractivity (Wildman–Crippen MR) is 209 cm³/mol. The quantitative estimate of drug-likeness (QED) is 0.0607. The molecule has 1 heteroatoms. The van der Waals surface area contributed by atoms with E-state index in [0.717, 1.165) is 5.92 Å². The highest BCUT2D eigenvalue weighted by Gasteiger charge is 2.05. The van der Waals surface area contributed by atoms with Crippen LogP contribution in [0.4, 0.5) is 0 Å². The summed E-state index contributed by atoms with van der Waals surface area (Å²) < 4.78 is 0. The number of unbranched alkanes of at least 4 members (excludes halogenated alkanes) is 32. The first kappa shape index (κ1) is 45.0. The third kappa shape index (κ3) is 40.1. The van der Waals surface area contributed by atoms with Crippen molar-refractivity contribution in [2.24, 2.45) is 5.92 Å². The van der Waals surface area contributed by atoms with Gasteiger partial charge in [0.2, 0.25) is 0 Å². The summed E-state index contributed by atoms with van der Waals surface area (Å²) in [6.45, 7) is 13.5. The molecular formula is C44H91N. The fraction of sp³-hybridized carbons (Fsp3) is 1.00. The topological polar surface area (TPSA) is 3.24 Å². The van der Waals surface area contributed by atoms with Crippen LogP contribution in [-0.4, -0.2) is 24.5 Å². The molecule has 0 rings (SSSR count). The Morgan fingerprint density at radius 2 is 0.467 bits per heavy atom. The van der Waals surface area contributed by atoms with Crippen LogP contribution in [-0.2, 0) is 0 Å². The maximum atomic E-state index is 2.87. The lowest BCUT2D eigenvalue weighted by Crippen LogP contribution is -2.27. The molecule has 45 heavy (non-hydrogen) atoms. The summed E-state index contributed by atoms with van der Waals surface area (Å²) in [4.78, 5) is 2.87. The van der Waals surface area contributed by atoms with Crippen molar-refractivity contribution >= 4 is 0 Å². The lowest BCUT2D eigenvalue weighted by Gasteiger charge is -2.22. The second-order valence-electron chi connectivity index (χ2n) is 15.7. The van der Waals surface area contributed by atoms with Crippen molar-refractivity contribution in [3.63, 3.8) is 0 Å². The van der Waals surface area contributed by atoms with Gasteiger partial charge in [-0.1, -0.05) is 240 Å². The van der Waals surface area contributed by atoms with Gasteiger partial charge in [0.25, 0.3) is 0 Å². The second kappa shape index (κ2) is 40.1. The number of rotatable bonds is 40. The van der Waals surface area contributed by atoms with Gasteiger partial charge in [-0.25, -0.2) is 0 Å². The summed E-state index contributed by atoms with van der Waals surface area (Å²) >= 11 is 0. The molecule has 0 aliphatic rings. The fourth-order valence-electron chi connectivity index (χ4n) is 7.17. The van der Waals surface area contributed by atoms with Gasteiger partial charge in [-0.3, -0.25) is 0 Å². The molecule has 0 fully saturated rings. The first-order valence-corrected chi connectivity index (χ1v) is 21.9. The van der Waals surface area contributed by atoms with Crippen molar-refractivity contribution < 1.29 is 0 Å². The van der Waals surface area contributed by atoms with Gasteiger partial charge in [0.1, 0.15) is 0 Å². The molecule has 0 heterocycles. The van der Waals surface area contributed by atoms with Gasteiger partial charge in [-0.05, 0) is 44.8 Å². The van der Waals surface area contributed by atoms with E-state index in [1.807, 2.05) is 0 Å². The molecule has 0 saturated heterocycles. The Bertz CT molecular complexity index is 473. The maximum absolute atomic E-state index is 2.87. The Balaban J connectivity index is 3.88. The SMILES string of the molecule is CCCCCCCCCCCCCN(CCCCCCCCCCCCC)CCCCCCCCCCCCCCCC(C)C. The van der Waals surface area contributed by atoms with E-state index in [0.29, 0.717) is 0 Å². The van der Waals surface area contributed by atoms with E-state index in [1.54, 1.807) is 0 Å². The molecule has 0 N–H and O–H groups in total. The second-order valence-corrected chi connectivity index (χ2v) is 15.7. The minimum absolute atomic E-state index is 0.891. The number of hydrogen-bond acceptors (Lipinski definition) is 1. The standard InChI is InChI=1S/C44H91N/c1-5-7-9-11-13-15-21-25-29-33-37-41-45(42-38-34-30-26-22-16-14-12-10-8-6-2)43-39-35-31-27-23-19-17-18-20-24-28-32-36-40-44(3)4/h44H,5-43H2,1-4H3. The highest BCUT2D eigenvalue weighted by molar-refractivity contribution is 4.61. The lowest BCUT2D eigenvalue weighted by atomic mass is 10.0. The van der Waals surface area contributed by atoms with E-state index in [-0.39, 0.29) is 0 Å². The molecule has 0 radical (unpaired) electrons. The smallest absolute Gasteiger partial charge is 0.00187 e. The molecular weight excluding hydrogens is 542 g/mol. The predicted octanol–water partition coefficient (Wildman–Crippen LogP) is 16.0. The van der Waals surface area contributed by atoms with Gasteiger partial charge < -0.3 is 4.90 Å². The first-order valence-electron chi connectivity index (χ1n) is 21.9. The maximum Gasteiger partial charge on any atom is -0.00187 e. The summed E-state index contributed by atoms with van der Waals surface area (Å²) in [6.07, 6.45) is 52.6. The van der Waals surface area contributed by atoms with E-state index in [4.69, 9.17) is 0 Å². The summed E-state index contributed by atoms with van der Waals surface area (Å²) in [5, 5.41) is 0. The zero-order chi connectivity index (χ0) is 32.7. The van der Waals surface area contributed by atoms with Gasteiger partial charge in [0.05, 0.1) is 0 Å². The van der Waals surface area contributed by atoms with Gasteiger partial charge in [0.15, 0.2) is 0 Å². The Hall–Kier alpha value is -0.0400.